The highest BCUT2D eigenvalue weighted by Crippen LogP contribution is 2.28. The second kappa shape index (κ2) is 6.52. The van der Waals surface area contributed by atoms with Crippen LogP contribution in [0.25, 0.3) is 11.3 Å². The molecule has 0 saturated heterocycles. The van der Waals surface area contributed by atoms with Crippen molar-refractivity contribution < 1.29 is 9.50 Å². The highest BCUT2D eigenvalue weighted by atomic mass is 19.1. The van der Waals surface area contributed by atoms with Crippen molar-refractivity contribution in [2.75, 3.05) is 5.73 Å². The molecule has 0 spiro atoms. The van der Waals surface area contributed by atoms with Crippen LogP contribution in [0.3, 0.4) is 0 Å². The number of nitriles is 1. The molecule has 0 fully saturated rings. The Hall–Kier alpha value is -3.17. The molecule has 1 aromatic heterocycles. The van der Waals surface area contributed by atoms with Crippen molar-refractivity contribution in [3.8, 4) is 17.3 Å². The van der Waals surface area contributed by atoms with Crippen molar-refractivity contribution in [3.05, 3.63) is 71.5 Å². The summed E-state index contributed by atoms with van der Waals surface area (Å²) in [6.45, 7) is 0.117. The molecule has 6 heteroatoms. The Labute approximate surface area is 138 Å². The number of aliphatic hydroxyl groups excluding tert-OH is 1. The first kappa shape index (κ1) is 15.7. The molecule has 0 aliphatic heterocycles. The van der Waals surface area contributed by atoms with Gasteiger partial charge >= 0.3 is 0 Å². The van der Waals surface area contributed by atoms with Crippen LogP contribution in [0.15, 0.2) is 54.6 Å². The fraction of sp³-hybridized carbons (Fsp3) is 0.111. The topological polar surface area (TPSA) is 87.9 Å². The number of nitrogen functional groups attached to an aromatic ring is 1. The third-order valence-corrected chi connectivity index (χ3v) is 3.75. The number of aromatic nitrogens is 2. The number of hydrogen-bond donors (Lipinski definition) is 2. The largest absolute Gasteiger partial charge is 0.386 e. The van der Waals surface area contributed by atoms with Crippen LogP contribution < -0.4 is 5.73 Å². The third-order valence-electron chi connectivity index (χ3n) is 3.75. The molecule has 0 saturated carbocycles. The number of aliphatic hydroxyl groups is 1. The lowest BCUT2D eigenvalue weighted by Gasteiger charge is -2.12. The summed E-state index contributed by atoms with van der Waals surface area (Å²) in [7, 11) is 0. The molecule has 0 amide bonds. The molecule has 3 rings (SSSR count). The first-order chi connectivity index (χ1) is 11.6. The zero-order chi connectivity index (χ0) is 17.1. The number of anilines is 1. The quantitative estimate of drug-likeness (QED) is 0.773. The lowest BCUT2D eigenvalue weighted by molar-refractivity contribution is 0.152. The van der Waals surface area contributed by atoms with E-state index in [1.54, 1.807) is 12.1 Å². The van der Waals surface area contributed by atoms with E-state index in [1.807, 2.05) is 24.3 Å². The molecule has 24 heavy (non-hydrogen) atoms. The average Bonchev–Trinajstić information content (AvgIpc) is 2.92. The van der Waals surface area contributed by atoms with Crippen LogP contribution >= 0.6 is 0 Å². The number of halogens is 1. The summed E-state index contributed by atoms with van der Waals surface area (Å²) in [6.07, 6.45) is -0.805. The molecular weight excluding hydrogens is 307 g/mol. The van der Waals surface area contributed by atoms with E-state index in [1.165, 1.54) is 28.9 Å². The Morgan fingerprint density at radius 2 is 1.83 bits per heavy atom. The molecule has 0 radical (unpaired) electrons. The van der Waals surface area contributed by atoms with Gasteiger partial charge in [-0.15, -0.1) is 0 Å². The maximum Gasteiger partial charge on any atom is 0.140 e. The minimum absolute atomic E-state index is 0.117. The maximum atomic E-state index is 13.1. The average molecular weight is 322 g/mol. The van der Waals surface area contributed by atoms with Crippen molar-refractivity contribution in [1.82, 2.24) is 9.78 Å². The Balaban J connectivity index is 1.95. The summed E-state index contributed by atoms with van der Waals surface area (Å²) in [5, 5.41) is 24.0. The van der Waals surface area contributed by atoms with E-state index in [4.69, 9.17) is 5.73 Å². The van der Waals surface area contributed by atoms with E-state index < -0.39 is 6.10 Å². The van der Waals surface area contributed by atoms with Gasteiger partial charge in [-0.1, -0.05) is 30.3 Å². The van der Waals surface area contributed by atoms with E-state index in [9.17, 15) is 14.8 Å². The van der Waals surface area contributed by atoms with Crippen LogP contribution in [0, 0.1) is 17.1 Å². The Kier molecular flexibility index (Phi) is 4.27. The molecule has 5 nitrogen and oxygen atoms in total. The predicted molar refractivity (Wildman–Crippen MR) is 88.2 cm³/mol. The number of nitrogens with zero attached hydrogens (tertiary/aromatic N) is 3. The van der Waals surface area contributed by atoms with Gasteiger partial charge in [-0.25, -0.2) is 9.07 Å². The van der Waals surface area contributed by atoms with E-state index in [0.29, 0.717) is 11.3 Å². The number of hydrogen-bond acceptors (Lipinski definition) is 4. The smallest absolute Gasteiger partial charge is 0.140 e. The van der Waals surface area contributed by atoms with Gasteiger partial charge in [0, 0.05) is 5.56 Å². The minimum Gasteiger partial charge on any atom is -0.386 e. The van der Waals surface area contributed by atoms with Crippen LogP contribution in [0.5, 0.6) is 0 Å². The van der Waals surface area contributed by atoms with Crippen LogP contribution in [0.4, 0.5) is 10.2 Å². The van der Waals surface area contributed by atoms with Crippen molar-refractivity contribution in [3.63, 3.8) is 0 Å². The second-order valence-electron chi connectivity index (χ2n) is 5.34. The van der Waals surface area contributed by atoms with Crippen LogP contribution in [0.1, 0.15) is 17.2 Å². The van der Waals surface area contributed by atoms with Gasteiger partial charge in [-0.2, -0.15) is 10.4 Å². The molecule has 3 aromatic rings. The number of nitrogens with two attached hydrogens (primary N) is 1. The van der Waals surface area contributed by atoms with Gasteiger partial charge in [-0.05, 0) is 29.8 Å². The first-order valence-corrected chi connectivity index (χ1v) is 7.35. The monoisotopic (exact) mass is 322 g/mol. The second-order valence-corrected chi connectivity index (χ2v) is 5.34. The van der Waals surface area contributed by atoms with Crippen LogP contribution in [-0.2, 0) is 6.54 Å². The Bertz CT molecular complexity index is 882. The summed E-state index contributed by atoms with van der Waals surface area (Å²) in [6, 6.07) is 16.8. The number of benzene rings is 2. The summed E-state index contributed by atoms with van der Waals surface area (Å²) in [5.41, 5.74) is 7.90. The molecule has 0 aliphatic rings. The van der Waals surface area contributed by atoms with Crippen molar-refractivity contribution in [2.24, 2.45) is 0 Å². The molecule has 1 heterocycles. The zero-order valence-electron chi connectivity index (χ0n) is 12.7. The van der Waals surface area contributed by atoms with Crippen molar-refractivity contribution in [2.45, 2.75) is 12.6 Å². The van der Waals surface area contributed by atoms with Gasteiger partial charge in [0.25, 0.3) is 0 Å². The Morgan fingerprint density at radius 3 is 2.46 bits per heavy atom. The molecular formula is C18H15FN4O. The summed E-state index contributed by atoms with van der Waals surface area (Å²) >= 11 is 0. The fourth-order valence-corrected chi connectivity index (χ4v) is 2.48. The molecule has 1 unspecified atom stereocenters. The van der Waals surface area contributed by atoms with Crippen molar-refractivity contribution >= 4 is 5.82 Å². The van der Waals surface area contributed by atoms with Gasteiger partial charge in [0.05, 0.1) is 12.6 Å². The van der Waals surface area contributed by atoms with Crippen LogP contribution in [-0.4, -0.2) is 14.9 Å². The van der Waals surface area contributed by atoms with E-state index >= 15 is 0 Å². The van der Waals surface area contributed by atoms with Crippen molar-refractivity contribution in [1.29, 1.82) is 5.26 Å². The normalized spacial score (nSPS) is 11.9. The zero-order valence-corrected chi connectivity index (χ0v) is 12.7. The summed E-state index contributed by atoms with van der Waals surface area (Å²) in [4.78, 5) is 0. The molecule has 120 valence electrons. The molecule has 0 bridgehead atoms. The molecule has 2 aromatic carbocycles. The standard InChI is InChI=1S/C18H15FN4O/c19-14-8-6-13(7-9-14)17-15(10-20)18(21)23(22-17)11-16(24)12-4-2-1-3-5-12/h1-9,16,24H,11,21H2. The lowest BCUT2D eigenvalue weighted by atomic mass is 10.1. The highest BCUT2D eigenvalue weighted by molar-refractivity contribution is 5.72. The molecule has 0 aliphatic carbocycles. The fourth-order valence-electron chi connectivity index (χ4n) is 2.48. The third kappa shape index (κ3) is 2.98. The van der Waals surface area contributed by atoms with Crippen LogP contribution in [0.2, 0.25) is 0 Å². The van der Waals surface area contributed by atoms with E-state index in [2.05, 4.69) is 5.10 Å². The van der Waals surface area contributed by atoms with Gasteiger partial charge < -0.3 is 10.8 Å². The van der Waals surface area contributed by atoms with Gasteiger partial charge in [0.2, 0.25) is 0 Å². The van der Waals surface area contributed by atoms with Gasteiger partial charge in [-0.3, -0.25) is 0 Å². The summed E-state index contributed by atoms with van der Waals surface area (Å²) in [5.74, 6) is -0.198. The first-order valence-electron chi connectivity index (χ1n) is 7.35. The van der Waals surface area contributed by atoms with E-state index in [-0.39, 0.29) is 23.7 Å². The lowest BCUT2D eigenvalue weighted by Crippen LogP contribution is -2.12. The molecule has 3 N–H and O–H groups in total. The number of rotatable bonds is 4. The molecule has 1 atom stereocenters. The highest BCUT2D eigenvalue weighted by Gasteiger charge is 2.19. The van der Waals surface area contributed by atoms with Gasteiger partial charge in [0.15, 0.2) is 0 Å². The Morgan fingerprint density at radius 1 is 1.17 bits per heavy atom. The SMILES string of the molecule is N#Cc1c(-c2ccc(F)cc2)nn(CC(O)c2ccccc2)c1N. The summed E-state index contributed by atoms with van der Waals surface area (Å²) < 4.78 is 14.5. The van der Waals surface area contributed by atoms with E-state index in [0.717, 1.165) is 5.56 Å². The minimum atomic E-state index is -0.805. The van der Waals surface area contributed by atoms with Gasteiger partial charge in [0.1, 0.15) is 29.0 Å². The maximum absolute atomic E-state index is 13.1. The predicted octanol–water partition coefficient (Wildman–Crippen LogP) is 2.88.